The van der Waals surface area contributed by atoms with Gasteiger partial charge in [0.05, 0.1) is 12.4 Å². The molecule has 0 aromatic carbocycles. The second-order valence-corrected chi connectivity index (χ2v) is 5.95. The molecule has 0 fully saturated rings. The molecule has 7 heteroatoms. The number of carbonyl (C=O) groups is 1. The number of aryl methyl sites for hydroxylation is 1. The molecule has 1 aliphatic rings. The van der Waals surface area contributed by atoms with Crippen molar-refractivity contribution in [3.05, 3.63) is 11.6 Å². The number of ether oxygens (including phenoxy) is 1. The maximum atomic E-state index is 11.4. The number of hydrogen-bond donors (Lipinski definition) is 1. The molecule has 0 aliphatic carbocycles. The highest BCUT2D eigenvalue weighted by atomic mass is 32.2. The summed E-state index contributed by atoms with van der Waals surface area (Å²) in [7, 11) is 0. The summed E-state index contributed by atoms with van der Waals surface area (Å²) in [5, 5.41) is 8.47. The number of hydrogen-bond acceptors (Lipinski definition) is 6. The average molecular weight is 298 g/mol. The van der Waals surface area contributed by atoms with E-state index in [4.69, 9.17) is 10.5 Å². The summed E-state index contributed by atoms with van der Waals surface area (Å²) in [4.78, 5) is 11.4. The third-order valence-corrected chi connectivity index (χ3v) is 4.32. The van der Waals surface area contributed by atoms with Crippen molar-refractivity contribution in [2.75, 3.05) is 12.4 Å². The predicted molar refractivity (Wildman–Crippen MR) is 78.3 cm³/mol. The fourth-order valence-electron chi connectivity index (χ4n) is 2.22. The quantitative estimate of drug-likeness (QED) is 0.600. The van der Waals surface area contributed by atoms with Gasteiger partial charge in [0, 0.05) is 13.0 Å². The number of esters is 1. The van der Waals surface area contributed by atoms with E-state index in [0.29, 0.717) is 13.0 Å². The zero-order valence-electron chi connectivity index (χ0n) is 11.9. The maximum Gasteiger partial charge on any atom is 0.322 e. The Morgan fingerprint density at radius 1 is 1.50 bits per heavy atom. The number of nitrogens with zero attached hydrogens (tertiary/aromatic N) is 3. The van der Waals surface area contributed by atoms with Crippen molar-refractivity contribution in [1.82, 2.24) is 14.8 Å². The Hall–Kier alpha value is -1.08. The molecule has 1 aromatic rings. The highest BCUT2D eigenvalue weighted by Crippen LogP contribution is 2.18. The van der Waals surface area contributed by atoms with Gasteiger partial charge in [0.25, 0.3) is 0 Å². The van der Waals surface area contributed by atoms with Crippen LogP contribution >= 0.6 is 11.8 Å². The van der Waals surface area contributed by atoms with Crippen molar-refractivity contribution in [3.8, 4) is 0 Å². The van der Waals surface area contributed by atoms with Crippen LogP contribution in [0.1, 0.15) is 37.8 Å². The van der Waals surface area contributed by atoms with E-state index in [-0.39, 0.29) is 5.97 Å². The molecule has 2 rings (SSSR count). The summed E-state index contributed by atoms with van der Waals surface area (Å²) in [5.74, 6) is 3.47. The molecule has 0 amide bonds. The van der Waals surface area contributed by atoms with Gasteiger partial charge in [-0.1, -0.05) is 0 Å². The minimum atomic E-state index is -0.519. The van der Waals surface area contributed by atoms with Crippen LogP contribution in [0.3, 0.4) is 0 Å². The van der Waals surface area contributed by atoms with E-state index < -0.39 is 6.04 Å². The molecule has 1 atom stereocenters. The fraction of sp³-hybridized carbons (Fsp3) is 0.769. The van der Waals surface area contributed by atoms with Crippen LogP contribution in [0.25, 0.3) is 0 Å². The molecule has 6 nitrogen and oxygen atoms in total. The molecule has 112 valence electrons. The van der Waals surface area contributed by atoms with Crippen LogP contribution < -0.4 is 5.73 Å². The van der Waals surface area contributed by atoms with Crippen molar-refractivity contribution in [2.45, 2.75) is 50.9 Å². The minimum Gasteiger partial charge on any atom is -0.465 e. The summed E-state index contributed by atoms with van der Waals surface area (Å²) in [6.07, 6.45) is 4.08. The lowest BCUT2D eigenvalue weighted by atomic mass is 10.2. The summed E-state index contributed by atoms with van der Waals surface area (Å²) in [6, 6.07) is -0.519. The Kier molecular flexibility index (Phi) is 5.85. The smallest absolute Gasteiger partial charge is 0.322 e. The van der Waals surface area contributed by atoms with Crippen LogP contribution in [0.2, 0.25) is 0 Å². The first-order valence-corrected chi connectivity index (χ1v) is 8.28. The van der Waals surface area contributed by atoms with Crippen molar-refractivity contribution in [1.29, 1.82) is 0 Å². The van der Waals surface area contributed by atoms with Crippen LogP contribution in [0.15, 0.2) is 0 Å². The molecule has 0 spiro atoms. The largest absolute Gasteiger partial charge is 0.465 e. The van der Waals surface area contributed by atoms with E-state index in [9.17, 15) is 4.79 Å². The van der Waals surface area contributed by atoms with Gasteiger partial charge in [-0.2, -0.15) is 11.8 Å². The van der Waals surface area contributed by atoms with Crippen molar-refractivity contribution >= 4 is 17.7 Å². The van der Waals surface area contributed by atoms with E-state index in [1.807, 2.05) is 0 Å². The van der Waals surface area contributed by atoms with Gasteiger partial charge in [-0.05, 0) is 31.9 Å². The normalized spacial score (nSPS) is 15.7. The molecule has 2 N–H and O–H groups in total. The SMILES string of the molecule is CCOC(=O)C(N)CCSCc1nnc2n1CCCC2. The average Bonchev–Trinajstić information content (AvgIpc) is 2.87. The zero-order valence-corrected chi connectivity index (χ0v) is 12.7. The van der Waals surface area contributed by atoms with Gasteiger partial charge < -0.3 is 15.0 Å². The van der Waals surface area contributed by atoms with E-state index >= 15 is 0 Å². The third-order valence-electron chi connectivity index (χ3n) is 3.33. The Balaban J connectivity index is 1.71. The van der Waals surface area contributed by atoms with Gasteiger partial charge in [-0.25, -0.2) is 0 Å². The van der Waals surface area contributed by atoms with Crippen LogP contribution in [-0.4, -0.2) is 39.1 Å². The number of thioether (sulfide) groups is 1. The summed E-state index contributed by atoms with van der Waals surface area (Å²) < 4.78 is 7.11. The van der Waals surface area contributed by atoms with E-state index in [1.165, 1.54) is 12.8 Å². The maximum absolute atomic E-state index is 11.4. The molecule has 1 unspecified atom stereocenters. The standard InChI is InChI=1S/C13H22N4O2S/c1-2-19-13(18)10(14)6-8-20-9-12-16-15-11-5-3-4-7-17(11)12/h10H,2-9,14H2,1H3. The van der Waals surface area contributed by atoms with Gasteiger partial charge in [-0.15, -0.1) is 10.2 Å². The molecule has 1 aliphatic heterocycles. The molecule has 0 radical (unpaired) electrons. The van der Waals surface area contributed by atoms with Crippen molar-refractivity contribution in [3.63, 3.8) is 0 Å². The molecular weight excluding hydrogens is 276 g/mol. The lowest BCUT2D eigenvalue weighted by molar-refractivity contribution is -0.144. The Morgan fingerprint density at radius 3 is 3.15 bits per heavy atom. The van der Waals surface area contributed by atoms with Gasteiger partial charge >= 0.3 is 5.97 Å². The Labute approximate surface area is 123 Å². The highest BCUT2D eigenvalue weighted by molar-refractivity contribution is 7.98. The summed E-state index contributed by atoms with van der Waals surface area (Å²) in [5.41, 5.74) is 5.75. The van der Waals surface area contributed by atoms with Gasteiger partial charge in [0.2, 0.25) is 0 Å². The van der Waals surface area contributed by atoms with Gasteiger partial charge in [-0.3, -0.25) is 4.79 Å². The third kappa shape index (κ3) is 3.96. The first kappa shape index (κ1) is 15.3. The molecule has 20 heavy (non-hydrogen) atoms. The second kappa shape index (κ2) is 7.64. The lowest BCUT2D eigenvalue weighted by Crippen LogP contribution is -2.32. The fourth-order valence-corrected chi connectivity index (χ4v) is 3.18. The number of nitrogens with two attached hydrogens (primary N) is 1. The number of aromatic nitrogens is 3. The number of fused-ring (bicyclic) bond motifs is 1. The predicted octanol–water partition coefficient (Wildman–Crippen LogP) is 1.13. The van der Waals surface area contributed by atoms with Crippen LogP contribution in [0.4, 0.5) is 0 Å². The molecule has 2 heterocycles. The van der Waals surface area contributed by atoms with Crippen LogP contribution in [0, 0.1) is 0 Å². The van der Waals surface area contributed by atoms with Crippen molar-refractivity contribution in [2.24, 2.45) is 5.73 Å². The Morgan fingerprint density at radius 2 is 2.35 bits per heavy atom. The Bertz CT molecular complexity index is 450. The monoisotopic (exact) mass is 298 g/mol. The molecule has 0 saturated heterocycles. The van der Waals surface area contributed by atoms with E-state index in [0.717, 1.165) is 36.1 Å². The van der Waals surface area contributed by atoms with E-state index in [1.54, 1.807) is 18.7 Å². The number of carbonyl (C=O) groups excluding carboxylic acids is 1. The minimum absolute atomic E-state index is 0.312. The lowest BCUT2D eigenvalue weighted by Gasteiger charge is -2.14. The topological polar surface area (TPSA) is 83.0 Å². The summed E-state index contributed by atoms with van der Waals surface area (Å²) in [6.45, 7) is 3.19. The first-order chi connectivity index (χ1) is 9.72. The molecule has 0 bridgehead atoms. The van der Waals surface area contributed by atoms with Crippen molar-refractivity contribution < 1.29 is 9.53 Å². The number of rotatable bonds is 7. The molecule has 1 aromatic heterocycles. The van der Waals surface area contributed by atoms with Crippen LogP contribution in [0.5, 0.6) is 0 Å². The summed E-state index contributed by atoms with van der Waals surface area (Å²) >= 11 is 1.74. The van der Waals surface area contributed by atoms with Gasteiger partial charge in [0.15, 0.2) is 0 Å². The second-order valence-electron chi connectivity index (χ2n) is 4.84. The zero-order chi connectivity index (χ0) is 14.4. The highest BCUT2D eigenvalue weighted by Gasteiger charge is 2.16. The van der Waals surface area contributed by atoms with E-state index in [2.05, 4.69) is 14.8 Å². The molecule has 0 saturated carbocycles. The molecular formula is C13H22N4O2S. The van der Waals surface area contributed by atoms with Gasteiger partial charge in [0.1, 0.15) is 17.7 Å². The van der Waals surface area contributed by atoms with Crippen LogP contribution in [-0.2, 0) is 28.2 Å². The first-order valence-electron chi connectivity index (χ1n) is 7.13.